The van der Waals surface area contributed by atoms with E-state index in [2.05, 4.69) is 34.4 Å². The molecule has 0 amide bonds. The molecule has 2 N–H and O–H groups in total. The molecule has 23 heavy (non-hydrogen) atoms. The van der Waals surface area contributed by atoms with Gasteiger partial charge in [0.15, 0.2) is 15.8 Å². The van der Waals surface area contributed by atoms with Crippen LogP contribution in [0.1, 0.15) is 46.5 Å². The third-order valence-electron chi connectivity index (χ3n) is 3.90. The summed E-state index contributed by atoms with van der Waals surface area (Å²) in [7, 11) is -2.86. The smallest absolute Gasteiger partial charge is 0.191 e. The standard InChI is InChI=1S/C16H34N4O2S/c1-4-10-20(11-5-2)12-7-9-18-16(17-6-3)19-15-8-13-23(21,22)14-15/h15H,4-14H2,1-3H3,(H2,17,18,19). The molecular weight excluding hydrogens is 312 g/mol. The van der Waals surface area contributed by atoms with Crippen LogP contribution in [0.3, 0.4) is 0 Å². The van der Waals surface area contributed by atoms with E-state index in [1.54, 1.807) is 0 Å². The van der Waals surface area contributed by atoms with Crippen molar-refractivity contribution in [3.8, 4) is 0 Å². The fourth-order valence-corrected chi connectivity index (χ4v) is 4.55. The van der Waals surface area contributed by atoms with Crippen molar-refractivity contribution in [3.63, 3.8) is 0 Å². The maximum Gasteiger partial charge on any atom is 0.191 e. The lowest BCUT2D eigenvalue weighted by Crippen LogP contribution is -2.44. The minimum absolute atomic E-state index is 0.00511. The highest BCUT2D eigenvalue weighted by Gasteiger charge is 2.28. The Hall–Kier alpha value is -0.820. The fraction of sp³-hybridized carbons (Fsp3) is 0.938. The number of nitrogens with one attached hydrogen (secondary N) is 2. The highest BCUT2D eigenvalue weighted by Crippen LogP contribution is 2.10. The number of hydrogen-bond donors (Lipinski definition) is 2. The maximum atomic E-state index is 11.5. The second kappa shape index (κ2) is 10.9. The summed E-state index contributed by atoms with van der Waals surface area (Å²) in [5.74, 6) is 1.25. The first-order valence-corrected chi connectivity index (χ1v) is 10.8. The van der Waals surface area contributed by atoms with Crippen LogP contribution in [0.5, 0.6) is 0 Å². The van der Waals surface area contributed by atoms with E-state index in [1.807, 2.05) is 6.92 Å². The predicted molar refractivity (Wildman–Crippen MR) is 97.8 cm³/mol. The van der Waals surface area contributed by atoms with Gasteiger partial charge < -0.3 is 15.5 Å². The number of sulfone groups is 1. The molecule has 0 aromatic rings. The normalized spacial score (nSPS) is 20.9. The lowest BCUT2D eigenvalue weighted by molar-refractivity contribution is 0.273. The molecule has 1 unspecified atom stereocenters. The van der Waals surface area contributed by atoms with Crippen LogP contribution < -0.4 is 10.6 Å². The number of guanidine groups is 1. The van der Waals surface area contributed by atoms with E-state index in [0.717, 1.165) is 45.1 Å². The van der Waals surface area contributed by atoms with Crippen molar-refractivity contribution in [2.75, 3.05) is 44.2 Å². The van der Waals surface area contributed by atoms with E-state index in [0.29, 0.717) is 6.42 Å². The van der Waals surface area contributed by atoms with Crippen LogP contribution in [-0.2, 0) is 9.84 Å². The average Bonchev–Trinajstić information content (AvgIpc) is 2.83. The van der Waals surface area contributed by atoms with Crippen molar-refractivity contribution in [2.24, 2.45) is 4.99 Å². The van der Waals surface area contributed by atoms with Crippen LogP contribution in [0, 0.1) is 0 Å². The Morgan fingerprint density at radius 1 is 1.17 bits per heavy atom. The SMILES string of the molecule is CCCN(CCC)CCCN=C(NCC)NC1CCS(=O)(=O)C1. The lowest BCUT2D eigenvalue weighted by Gasteiger charge is -2.20. The van der Waals surface area contributed by atoms with Crippen molar-refractivity contribution < 1.29 is 8.42 Å². The number of nitrogens with zero attached hydrogens (tertiary/aromatic N) is 2. The molecule has 0 bridgehead atoms. The van der Waals surface area contributed by atoms with Gasteiger partial charge >= 0.3 is 0 Å². The molecule has 6 nitrogen and oxygen atoms in total. The molecule has 1 aliphatic heterocycles. The Morgan fingerprint density at radius 3 is 2.39 bits per heavy atom. The lowest BCUT2D eigenvalue weighted by atomic mass is 10.3. The van der Waals surface area contributed by atoms with Gasteiger partial charge in [-0.1, -0.05) is 13.8 Å². The summed E-state index contributed by atoms with van der Waals surface area (Å²) in [6, 6.07) is -0.00511. The number of aliphatic imine (C=N–C) groups is 1. The molecule has 1 saturated heterocycles. The van der Waals surface area contributed by atoms with E-state index in [-0.39, 0.29) is 17.5 Å². The van der Waals surface area contributed by atoms with Gasteiger partial charge in [-0.25, -0.2) is 8.42 Å². The molecule has 0 aromatic heterocycles. The van der Waals surface area contributed by atoms with Gasteiger partial charge in [0.1, 0.15) is 0 Å². The first kappa shape index (κ1) is 20.2. The van der Waals surface area contributed by atoms with E-state index in [9.17, 15) is 8.42 Å². The van der Waals surface area contributed by atoms with Gasteiger partial charge in [0.05, 0.1) is 11.5 Å². The molecule has 0 aliphatic carbocycles. The van der Waals surface area contributed by atoms with E-state index < -0.39 is 9.84 Å². The Kier molecular flexibility index (Phi) is 9.55. The molecule has 0 spiro atoms. The molecule has 0 radical (unpaired) electrons. The summed E-state index contributed by atoms with van der Waals surface area (Å²) >= 11 is 0. The highest BCUT2D eigenvalue weighted by molar-refractivity contribution is 7.91. The summed E-state index contributed by atoms with van der Waals surface area (Å²) in [5, 5.41) is 6.46. The first-order chi connectivity index (χ1) is 11.0. The second-order valence-electron chi connectivity index (χ2n) is 6.20. The van der Waals surface area contributed by atoms with Crippen LogP contribution >= 0.6 is 0 Å². The molecule has 1 rings (SSSR count). The zero-order chi connectivity index (χ0) is 17.1. The van der Waals surface area contributed by atoms with E-state index in [1.165, 1.54) is 12.8 Å². The quantitative estimate of drug-likeness (QED) is 0.354. The summed E-state index contributed by atoms with van der Waals surface area (Å²) in [6.07, 6.45) is 4.07. The summed E-state index contributed by atoms with van der Waals surface area (Å²) in [4.78, 5) is 7.08. The van der Waals surface area contributed by atoms with Crippen LogP contribution in [-0.4, -0.2) is 69.5 Å². The zero-order valence-corrected chi connectivity index (χ0v) is 15.8. The molecule has 1 heterocycles. The van der Waals surface area contributed by atoms with Crippen molar-refractivity contribution in [1.82, 2.24) is 15.5 Å². The number of hydrogen-bond acceptors (Lipinski definition) is 4. The van der Waals surface area contributed by atoms with Gasteiger partial charge in [0.2, 0.25) is 0 Å². The van der Waals surface area contributed by atoms with Gasteiger partial charge in [-0.2, -0.15) is 0 Å². The Morgan fingerprint density at radius 2 is 1.87 bits per heavy atom. The zero-order valence-electron chi connectivity index (χ0n) is 15.0. The van der Waals surface area contributed by atoms with Gasteiger partial charge in [0, 0.05) is 19.1 Å². The molecule has 136 valence electrons. The van der Waals surface area contributed by atoms with Crippen molar-refractivity contribution in [2.45, 2.75) is 52.5 Å². The average molecular weight is 347 g/mol. The Balaban J connectivity index is 2.39. The Labute approximate surface area is 142 Å². The summed E-state index contributed by atoms with van der Waals surface area (Å²) < 4.78 is 23.1. The predicted octanol–water partition coefficient (Wildman–Crippen LogP) is 1.24. The third kappa shape index (κ3) is 8.55. The van der Waals surface area contributed by atoms with Crippen LogP contribution in [0.15, 0.2) is 4.99 Å². The molecule has 1 atom stereocenters. The molecule has 0 aromatic carbocycles. The van der Waals surface area contributed by atoms with Gasteiger partial charge in [-0.3, -0.25) is 4.99 Å². The van der Waals surface area contributed by atoms with Crippen LogP contribution in [0.4, 0.5) is 0 Å². The molecule has 0 saturated carbocycles. The maximum absolute atomic E-state index is 11.5. The van der Waals surface area contributed by atoms with Crippen LogP contribution in [0.2, 0.25) is 0 Å². The molecular formula is C16H34N4O2S. The van der Waals surface area contributed by atoms with Crippen LogP contribution in [0.25, 0.3) is 0 Å². The molecule has 7 heteroatoms. The third-order valence-corrected chi connectivity index (χ3v) is 5.67. The largest absolute Gasteiger partial charge is 0.357 e. The first-order valence-electron chi connectivity index (χ1n) is 8.98. The minimum atomic E-state index is -2.86. The number of rotatable bonds is 10. The second-order valence-corrected chi connectivity index (χ2v) is 8.43. The summed E-state index contributed by atoms with van der Waals surface area (Å²) in [5.41, 5.74) is 0. The van der Waals surface area contributed by atoms with Crippen molar-refractivity contribution in [3.05, 3.63) is 0 Å². The topological polar surface area (TPSA) is 73.8 Å². The van der Waals surface area contributed by atoms with Gasteiger partial charge in [-0.15, -0.1) is 0 Å². The highest BCUT2D eigenvalue weighted by atomic mass is 32.2. The van der Waals surface area contributed by atoms with E-state index in [4.69, 9.17) is 0 Å². The fourth-order valence-electron chi connectivity index (χ4n) is 2.88. The monoisotopic (exact) mass is 346 g/mol. The van der Waals surface area contributed by atoms with Crippen molar-refractivity contribution >= 4 is 15.8 Å². The molecule has 1 fully saturated rings. The van der Waals surface area contributed by atoms with Crippen molar-refractivity contribution in [1.29, 1.82) is 0 Å². The minimum Gasteiger partial charge on any atom is -0.357 e. The van der Waals surface area contributed by atoms with Gasteiger partial charge in [-0.05, 0) is 52.2 Å². The summed E-state index contributed by atoms with van der Waals surface area (Å²) in [6.45, 7) is 11.4. The van der Waals surface area contributed by atoms with Gasteiger partial charge in [0.25, 0.3) is 0 Å². The molecule has 1 aliphatic rings. The van der Waals surface area contributed by atoms with E-state index >= 15 is 0 Å². The Bertz CT molecular complexity index is 445.